The van der Waals surface area contributed by atoms with Gasteiger partial charge in [0.2, 0.25) is 0 Å². The summed E-state index contributed by atoms with van der Waals surface area (Å²) in [5, 5.41) is 0. The van der Waals surface area contributed by atoms with Crippen LogP contribution in [0.3, 0.4) is 0 Å². The molecule has 0 aliphatic carbocycles. The van der Waals surface area contributed by atoms with Crippen LogP contribution < -0.4 is 5.73 Å². The lowest BCUT2D eigenvalue weighted by atomic mass is 9.92. The molecule has 17 heavy (non-hydrogen) atoms. The van der Waals surface area contributed by atoms with E-state index < -0.39 is 0 Å². The Kier molecular flexibility index (Phi) is 2.41. The number of nitrogens with two attached hydrogens (primary N) is 1. The fraction of sp³-hybridized carbons (Fsp3) is 0.286. The van der Waals surface area contributed by atoms with E-state index in [9.17, 15) is 0 Å². The molecule has 88 valence electrons. The maximum atomic E-state index is 6.00. The van der Waals surface area contributed by atoms with Crippen LogP contribution in [-0.2, 0) is 13.0 Å². The Bertz CT molecular complexity index is 529. The lowest BCUT2D eigenvalue weighted by Crippen LogP contribution is -2.27. The van der Waals surface area contributed by atoms with E-state index in [0.29, 0.717) is 0 Å². The second-order valence-corrected chi connectivity index (χ2v) is 4.78. The molecule has 3 nitrogen and oxygen atoms in total. The molecule has 0 unspecified atom stereocenters. The fourth-order valence-corrected chi connectivity index (χ4v) is 2.60. The topological polar surface area (TPSA) is 45.0 Å². The number of H-pyrrole nitrogens is 1. The van der Waals surface area contributed by atoms with Crippen LogP contribution in [0.15, 0.2) is 30.5 Å². The Morgan fingerprint density at radius 3 is 3.00 bits per heavy atom. The van der Waals surface area contributed by atoms with Gasteiger partial charge in [0, 0.05) is 36.2 Å². The van der Waals surface area contributed by atoms with Crippen molar-refractivity contribution in [3.05, 3.63) is 41.6 Å². The molecule has 0 fully saturated rings. The highest BCUT2D eigenvalue weighted by Gasteiger charge is 2.18. The third-order valence-electron chi connectivity index (χ3n) is 3.44. The zero-order valence-electron chi connectivity index (χ0n) is 10.0. The van der Waals surface area contributed by atoms with E-state index in [1.807, 2.05) is 12.3 Å². The summed E-state index contributed by atoms with van der Waals surface area (Å²) in [6.45, 7) is 2.11. The minimum Gasteiger partial charge on any atom is -0.399 e. The van der Waals surface area contributed by atoms with Gasteiger partial charge in [-0.3, -0.25) is 0 Å². The summed E-state index contributed by atoms with van der Waals surface area (Å²) in [4.78, 5) is 5.61. The van der Waals surface area contributed by atoms with E-state index in [0.717, 1.165) is 30.9 Å². The van der Waals surface area contributed by atoms with Crippen LogP contribution in [0.4, 0.5) is 5.69 Å². The molecule has 0 spiro atoms. The van der Waals surface area contributed by atoms with Gasteiger partial charge in [0.05, 0.1) is 0 Å². The van der Waals surface area contributed by atoms with E-state index in [4.69, 9.17) is 5.73 Å². The average Bonchev–Trinajstić information content (AvgIpc) is 2.80. The molecular formula is C14H17N3. The van der Waals surface area contributed by atoms with Gasteiger partial charge in [0.1, 0.15) is 0 Å². The molecule has 1 aliphatic heterocycles. The summed E-state index contributed by atoms with van der Waals surface area (Å²) in [7, 11) is 2.15. The molecule has 3 heteroatoms. The molecule has 3 rings (SSSR count). The second kappa shape index (κ2) is 3.93. The van der Waals surface area contributed by atoms with Crippen LogP contribution in [0.25, 0.3) is 11.3 Å². The number of benzene rings is 1. The van der Waals surface area contributed by atoms with Crippen LogP contribution in [-0.4, -0.2) is 23.5 Å². The first-order chi connectivity index (χ1) is 8.24. The molecule has 0 amide bonds. The first-order valence-electron chi connectivity index (χ1n) is 5.97. The molecule has 0 saturated carbocycles. The van der Waals surface area contributed by atoms with Gasteiger partial charge in [-0.25, -0.2) is 0 Å². The average molecular weight is 227 g/mol. The number of rotatable bonds is 1. The van der Waals surface area contributed by atoms with Gasteiger partial charge in [-0.05, 0) is 48.9 Å². The number of fused-ring (bicyclic) bond motifs is 1. The molecule has 2 heterocycles. The zero-order chi connectivity index (χ0) is 11.8. The van der Waals surface area contributed by atoms with E-state index in [1.54, 1.807) is 0 Å². The van der Waals surface area contributed by atoms with Gasteiger partial charge >= 0.3 is 0 Å². The van der Waals surface area contributed by atoms with Gasteiger partial charge in [0.25, 0.3) is 0 Å². The SMILES string of the molecule is CN1CCc2c(cc(N)cc2-c2ccc[nH]2)C1. The number of aromatic nitrogens is 1. The predicted molar refractivity (Wildman–Crippen MR) is 70.7 cm³/mol. The molecule has 0 bridgehead atoms. The Hall–Kier alpha value is -1.74. The number of nitrogens with zero attached hydrogens (tertiary/aromatic N) is 1. The number of nitrogen functional groups attached to an aromatic ring is 1. The highest BCUT2D eigenvalue weighted by atomic mass is 15.1. The van der Waals surface area contributed by atoms with Crippen molar-refractivity contribution in [1.82, 2.24) is 9.88 Å². The molecule has 2 aromatic rings. The minimum atomic E-state index is 0.851. The number of anilines is 1. The first kappa shape index (κ1) is 10.4. The Morgan fingerprint density at radius 2 is 2.24 bits per heavy atom. The standard InChI is InChI=1S/C14H17N3/c1-17-6-4-12-10(9-17)7-11(15)8-13(12)14-3-2-5-16-14/h2-3,5,7-8,16H,4,6,9,15H2,1H3. The van der Waals surface area contributed by atoms with Gasteiger partial charge in [-0.2, -0.15) is 0 Å². The largest absolute Gasteiger partial charge is 0.399 e. The van der Waals surface area contributed by atoms with Crippen LogP contribution in [0, 0.1) is 0 Å². The van der Waals surface area contributed by atoms with Crippen molar-refractivity contribution in [2.75, 3.05) is 19.3 Å². The molecule has 0 saturated heterocycles. The summed E-state index contributed by atoms with van der Waals surface area (Å²) >= 11 is 0. The molecule has 1 aromatic carbocycles. The van der Waals surface area contributed by atoms with Crippen molar-refractivity contribution in [2.24, 2.45) is 0 Å². The summed E-state index contributed by atoms with van der Waals surface area (Å²) in [5.41, 5.74) is 12.1. The number of hydrogen-bond acceptors (Lipinski definition) is 2. The molecular weight excluding hydrogens is 210 g/mol. The molecule has 1 aliphatic rings. The van der Waals surface area contributed by atoms with Crippen LogP contribution in [0.1, 0.15) is 11.1 Å². The molecule has 0 atom stereocenters. The van der Waals surface area contributed by atoms with Crippen molar-refractivity contribution >= 4 is 5.69 Å². The van der Waals surface area contributed by atoms with Crippen molar-refractivity contribution < 1.29 is 0 Å². The van der Waals surface area contributed by atoms with Crippen LogP contribution >= 0.6 is 0 Å². The highest BCUT2D eigenvalue weighted by molar-refractivity contribution is 5.70. The van der Waals surface area contributed by atoms with Gasteiger partial charge in [-0.15, -0.1) is 0 Å². The first-order valence-corrected chi connectivity index (χ1v) is 5.97. The van der Waals surface area contributed by atoms with Crippen LogP contribution in [0.5, 0.6) is 0 Å². The van der Waals surface area contributed by atoms with Gasteiger partial charge in [0.15, 0.2) is 0 Å². The summed E-state index contributed by atoms with van der Waals surface area (Å²) in [5.74, 6) is 0. The number of likely N-dealkylation sites (N-methyl/N-ethyl adjacent to an activating group) is 1. The van der Waals surface area contributed by atoms with Crippen molar-refractivity contribution in [3.63, 3.8) is 0 Å². The maximum absolute atomic E-state index is 6.00. The summed E-state index contributed by atoms with van der Waals surface area (Å²) < 4.78 is 0. The van der Waals surface area contributed by atoms with E-state index in [2.05, 4.69) is 35.1 Å². The second-order valence-electron chi connectivity index (χ2n) is 4.78. The van der Waals surface area contributed by atoms with E-state index in [-0.39, 0.29) is 0 Å². The summed E-state index contributed by atoms with van der Waals surface area (Å²) in [6.07, 6.45) is 3.06. The molecule has 3 N–H and O–H groups in total. The maximum Gasteiger partial charge on any atom is 0.0457 e. The Morgan fingerprint density at radius 1 is 1.35 bits per heavy atom. The van der Waals surface area contributed by atoms with Crippen LogP contribution in [0.2, 0.25) is 0 Å². The van der Waals surface area contributed by atoms with E-state index in [1.165, 1.54) is 16.7 Å². The lowest BCUT2D eigenvalue weighted by Gasteiger charge is -2.27. The fourth-order valence-electron chi connectivity index (χ4n) is 2.60. The monoisotopic (exact) mass is 227 g/mol. The Labute approximate surface area is 101 Å². The van der Waals surface area contributed by atoms with Crippen molar-refractivity contribution in [1.29, 1.82) is 0 Å². The summed E-state index contributed by atoms with van der Waals surface area (Å²) in [6, 6.07) is 8.32. The Balaban J connectivity index is 2.16. The predicted octanol–water partition coefficient (Wildman–Crippen LogP) is 2.25. The number of hydrogen-bond donors (Lipinski definition) is 2. The minimum absolute atomic E-state index is 0.851. The quantitative estimate of drug-likeness (QED) is 0.734. The number of aromatic amines is 1. The van der Waals surface area contributed by atoms with Crippen molar-refractivity contribution in [3.8, 4) is 11.3 Å². The van der Waals surface area contributed by atoms with Gasteiger partial charge < -0.3 is 15.6 Å². The zero-order valence-corrected chi connectivity index (χ0v) is 10.0. The smallest absolute Gasteiger partial charge is 0.0457 e. The molecule has 0 radical (unpaired) electrons. The van der Waals surface area contributed by atoms with Crippen molar-refractivity contribution in [2.45, 2.75) is 13.0 Å². The molecule has 1 aromatic heterocycles. The number of nitrogens with one attached hydrogen (secondary N) is 1. The highest BCUT2D eigenvalue weighted by Crippen LogP contribution is 2.31. The lowest BCUT2D eigenvalue weighted by molar-refractivity contribution is 0.313. The normalized spacial score (nSPS) is 15.8. The third kappa shape index (κ3) is 1.83. The van der Waals surface area contributed by atoms with E-state index >= 15 is 0 Å². The third-order valence-corrected chi connectivity index (χ3v) is 3.44. The van der Waals surface area contributed by atoms with Gasteiger partial charge in [-0.1, -0.05) is 0 Å².